The Labute approximate surface area is 157 Å². The van der Waals surface area contributed by atoms with Crippen molar-refractivity contribution in [2.75, 3.05) is 0 Å². The van der Waals surface area contributed by atoms with Gasteiger partial charge in [0, 0.05) is 6.92 Å². The first-order chi connectivity index (χ1) is 12.3. The minimum atomic E-state index is -0.130. The van der Waals surface area contributed by atoms with E-state index in [2.05, 4.69) is 19.9 Å². The smallest absolute Gasteiger partial charge is 0.302 e. The van der Waals surface area contributed by atoms with Gasteiger partial charge in [0.15, 0.2) is 5.78 Å². The van der Waals surface area contributed by atoms with Crippen LogP contribution in [-0.4, -0.2) is 17.9 Å². The highest BCUT2D eigenvalue weighted by atomic mass is 16.5. The van der Waals surface area contributed by atoms with Crippen LogP contribution in [0.5, 0.6) is 0 Å². The third-order valence-corrected chi connectivity index (χ3v) is 8.91. The SMILES string of the molecule is CC(=O)O[C@@H]1CC[C@]2(C)[C@H](CC[C@H]3[C@H]2CC[C@@]2(C)C(C(C)=O)=CC[C@H]32)C1. The van der Waals surface area contributed by atoms with Crippen LogP contribution in [0.3, 0.4) is 0 Å². The fourth-order valence-electron chi connectivity index (χ4n) is 7.67. The standard InChI is InChI=1S/C23H34O3/c1-14(24)19-7-8-20-18-6-5-16-13-17(26-15(2)25)9-11-22(16,3)21(18)10-12-23(19,20)4/h7,16-18,20-21H,5-6,8-13H2,1-4H3/t16-,17-,18-,20-,21-,22-,23+/m1/s1. The van der Waals surface area contributed by atoms with Gasteiger partial charge in [-0.3, -0.25) is 9.59 Å². The molecule has 3 saturated carbocycles. The molecule has 0 aliphatic heterocycles. The third kappa shape index (κ3) is 2.60. The van der Waals surface area contributed by atoms with Gasteiger partial charge in [-0.25, -0.2) is 0 Å². The molecule has 0 bridgehead atoms. The Kier molecular flexibility index (Phi) is 4.36. The maximum atomic E-state index is 12.2. The number of esters is 1. The molecule has 0 saturated heterocycles. The van der Waals surface area contributed by atoms with Crippen LogP contribution in [0.4, 0.5) is 0 Å². The molecule has 0 amide bonds. The van der Waals surface area contributed by atoms with Gasteiger partial charge in [0.05, 0.1) is 0 Å². The molecule has 3 heteroatoms. The minimum Gasteiger partial charge on any atom is -0.463 e. The summed E-state index contributed by atoms with van der Waals surface area (Å²) in [6.45, 7) is 8.17. The van der Waals surface area contributed by atoms with E-state index in [1.807, 2.05) is 0 Å². The summed E-state index contributed by atoms with van der Waals surface area (Å²) in [4.78, 5) is 23.5. The normalized spacial score (nSPS) is 47.2. The maximum Gasteiger partial charge on any atom is 0.302 e. The first kappa shape index (κ1) is 18.3. The van der Waals surface area contributed by atoms with Crippen molar-refractivity contribution in [2.45, 2.75) is 85.2 Å². The molecule has 26 heavy (non-hydrogen) atoms. The van der Waals surface area contributed by atoms with Crippen molar-refractivity contribution in [1.82, 2.24) is 0 Å². The van der Waals surface area contributed by atoms with Crippen molar-refractivity contribution in [2.24, 2.45) is 34.5 Å². The number of Topliss-reactive ketones (excluding diaryl/α,β-unsaturated/α-hetero) is 1. The fraction of sp³-hybridized carbons (Fsp3) is 0.826. The van der Waals surface area contributed by atoms with E-state index in [9.17, 15) is 9.59 Å². The molecule has 0 spiro atoms. The topological polar surface area (TPSA) is 43.4 Å². The predicted molar refractivity (Wildman–Crippen MR) is 101 cm³/mol. The Morgan fingerprint density at radius 2 is 1.81 bits per heavy atom. The van der Waals surface area contributed by atoms with Gasteiger partial charge in [-0.05, 0) is 98.4 Å². The molecule has 0 N–H and O–H groups in total. The monoisotopic (exact) mass is 358 g/mol. The molecule has 3 fully saturated rings. The van der Waals surface area contributed by atoms with Gasteiger partial charge in [0.2, 0.25) is 0 Å². The van der Waals surface area contributed by atoms with Crippen LogP contribution < -0.4 is 0 Å². The van der Waals surface area contributed by atoms with Crippen molar-refractivity contribution in [3.05, 3.63) is 11.6 Å². The third-order valence-electron chi connectivity index (χ3n) is 8.91. The summed E-state index contributed by atoms with van der Waals surface area (Å²) in [5.41, 5.74) is 1.62. The van der Waals surface area contributed by atoms with Gasteiger partial charge in [0.1, 0.15) is 6.10 Å². The van der Waals surface area contributed by atoms with Gasteiger partial charge >= 0.3 is 5.97 Å². The van der Waals surface area contributed by atoms with Crippen molar-refractivity contribution < 1.29 is 14.3 Å². The van der Waals surface area contributed by atoms with E-state index >= 15 is 0 Å². The van der Waals surface area contributed by atoms with Crippen LogP contribution in [0.1, 0.15) is 79.1 Å². The van der Waals surface area contributed by atoms with Crippen molar-refractivity contribution in [1.29, 1.82) is 0 Å². The van der Waals surface area contributed by atoms with Crippen LogP contribution in [0.15, 0.2) is 11.6 Å². The number of carbonyl (C=O) groups excluding carboxylic acids is 2. The summed E-state index contributed by atoms with van der Waals surface area (Å²) in [6.07, 6.45) is 11.7. The summed E-state index contributed by atoms with van der Waals surface area (Å²) in [5, 5.41) is 0. The quantitative estimate of drug-likeness (QED) is 0.646. The Balaban J connectivity index is 1.54. The lowest BCUT2D eigenvalue weighted by Crippen LogP contribution is -2.54. The first-order valence-electron chi connectivity index (χ1n) is 10.6. The molecule has 144 valence electrons. The maximum absolute atomic E-state index is 12.2. The highest BCUT2D eigenvalue weighted by molar-refractivity contribution is 5.95. The van der Waals surface area contributed by atoms with E-state index in [1.165, 1.54) is 39.0 Å². The summed E-state index contributed by atoms with van der Waals surface area (Å²) < 4.78 is 5.56. The van der Waals surface area contributed by atoms with Crippen LogP contribution in [-0.2, 0) is 14.3 Å². The molecule has 3 nitrogen and oxygen atoms in total. The number of rotatable bonds is 2. The number of hydrogen-bond acceptors (Lipinski definition) is 3. The zero-order valence-corrected chi connectivity index (χ0v) is 16.8. The van der Waals surface area contributed by atoms with Gasteiger partial charge in [-0.2, -0.15) is 0 Å². The lowest BCUT2D eigenvalue weighted by atomic mass is 9.44. The molecule has 0 aromatic rings. The summed E-state index contributed by atoms with van der Waals surface area (Å²) in [7, 11) is 0. The second kappa shape index (κ2) is 6.21. The molecule has 0 aromatic carbocycles. The largest absolute Gasteiger partial charge is 0.463 e. The highest BCUT2D eigenvalue weighted by Crippen LogP contribution is 2.66. The number of fused-ring (bicyclic) bond motifs is 5. The van der Waals surface area contributed by atoms with Gasteiger partial charge in [0.25, 0.3) is 0 Å². The van der Waals surface area contributed by atoms with E-state index in [0.29, 0.717) is 17.3 Å². The number of ether oxygens (including phenoxy) is 1. The van der Waals surface area contributed by atoms with E-state index in [1.54, 1.807) is 6.92 Å². The minimum absolute atomic E-state index is 0.116. The molecule has 0 unspecified atom stereocenters. The van der Waals surface area contributed by atoms with E-state index in [-0.39, 0.29) is 23.3 Å². The molecule has 0 aromatic heterocycles. The van der Waals surface area contributed by atoms with E-state index in [0.717, 1.165) is 36.7 Å². The molecule has 4 aliphatic rings. The number of allylic oxidation sites excluding steroid dienone is 2. The number of hydrogen-bond donors (Lipinski definition) is 0. The Morgan fingerprint density at radius 1 is 1.04 bits per heavy atom. The summed E-state index contributed by atoms with van der Waals surface area (Å²) in [6, 6.07) is 0. The molecular weight excluding hydrogens is 324 g/mol. The van der Waals surface area contributed by atoms with Crippen molar-refractivity contribution in [3.8, 4) is 0 Å². The Hall–Kier alpha value is -1.12. The van der Waals surface area contributed by atoms with Crippen LogP contribution in [0.25, 0.3) is 0 Å². The van der Waals surface area contributed by atoms with Crippen molar-refractivity contribution >= 4 is 11.8 Å². The van der Waals surface area contributed by atoms with Crippen LogP contribution in [0, 0.1) is 34.5 Å². The molecule has 0 radical (unpaired) electrons. The van der Waals surface area contributed by atoms with E-state index in [4.69, 9.17) is 4.74 Å². The molecule has 4 aliphatic carbocycles. The summed E-state index contributed by atoms with van der Waals surface area (Å²) >= 11 is 0. The number of carbonyl (C=O) groups is 2. The van der Waals surface area contributed by atoms with Crippen LogP contribution >= 0.6 is 0 Å². The van der Waals surface area contributed by atoms with Gasteiger partial charge in [-0.15, -0.1) is 0 Å². The lowest BCUT2D eigenvalue weighted by Gasteiger charge is -2.60. The lowest BCUT2D eigenvalue weighted by molar-refractivity contribution is -0.159. The second-order valence-electron chi connectivity index (χ2n) is 10.0. The van der Waals surface area contributed by atoms with Gasteiger partial charge in [-0.1, -0.05) is 19.9 Å². The molecule has 0 heterocycles. The molecular formula is C23H34O3. The zero-order valence-electron chi connectivity index (χ0n) is 16.8. The van der Waals surface area contributed by atoms with E-state index < -0.39 is 0 Å². The molecule has 7 atom stereocenters. The van der Waals surface area contributed by atoms with Crippen LogP contribution in [0.2, 0.25) is 0 Å². The fourth-order valence-corrected chi connectivity index (χ4v) is 7.67. The number of ketones is 1. The zero-order chi connectivity index (χ0) is 18.7. The second-order valence-corrected chi connectivity index (χ2v) is 10.0. The molecule has 4 rings (SSSR count). The average Bonchev–Trinajstić information content (AvgIpc) is 2.92. The highest BCUT2D eigenvalue weighted by Gasteiger charge is 2.59. The van der Waals surface area contributed by atoms with Gasteiger partial charge < -0.3 is 4.74 Å². The van der Waals surface area contributed by atoms with Crippen molar-refractivity contribution in [3.63, 3.8) is 0 Å². The Bertz CT molecular complexity index is 650. The average molecular weight is 359 g/mol. The summed E-state index contributed by atoms with van der Waals surface area (Å²) in [5.74, 6) is 3.03. The Morgan fingerprint density at radius 3 is 2.50 bits per heavy atom. The first-order valence-corrected chi connectivity index (χ1v) is 10.6. The predicted octanol–water partition coefficient (Wildman–Crippen LogP) is 5.09.